The third kappa shape index (κ3) is 2.28. The number of hydrogen-bond acceptors (Lipinski definition) is 4. The number of benzene rings is 1. The van der Waals surface area contributed by atoms with Crippen molar-refractivity contribution in [3.8, 4) is 5.75 Å². The van der Waals surface area contributed by atoms with Gasteiger partial charge in [0.1, 0.15) is 10.9 Å². The van der Waals surface area contributed by atoms with Gasteiger partial charge in [-0.3, -0.25) is 0 Å². The Morgan fingerprint density at radius 3 is 2.91 bits per heavy atom. The molecule has 0 spiro atoms. The number of nitrogens with zero attached hydrogens (tertiary/aromatic N) is 4. The second kappa shape index (κ2) is 5.35. The first kappa shape index (κ1) is 14.2. The predicted molar refractivity (Wildman–Crippen MR) is 91.9 cm³/mol. The molecular formula is C17H15ClN4O. The Balaban J connectivity index is 1.79. The highest BCUT2D eigenvalue weighted by molar-refractivity contribution is 6.76. The topological polar surface area (TPSA) is 51.8 Å². The number of fused-ring (bicyclic) bond motifs is 3. The van der Waals surface area contributed by atoms with E-state index in [1.807, 2.05) is 48.2 Å². The van der Waals surface area contributed by atoms with E-state index in [-0.39, 0.29) is 12.1 Å². The summed E-state index contributed by atoms with van der Waals surface area (Å²) in [5.74, 6) is 1.60. The first-order valence-corrected chi connectivity index (χ1v) is 7.74. The summed E-state index contributed by atoms with van der Waals surface area (Å²) in [4.78, 5) is 9.14. The van der Waals surface area contributed by atoms with Crippen LogP contribution < -0.4 is 4.74 Å². The van der Waals surface area contributed by atoms with Gasteiger partial charge in [-0.2, -0.15) is 5.10 Å². The molecule has 0 saturated carbocycles. The Morgan fingerprint density at radius 1 is 1.26 bits per heavy atom. The summed E-state index contributed by atoms with van der Waals surface area (Å²) in [5, 5.41) is 4.95. The Labute approximate surface area is 139 Å². The molecular weight excluding hydrogens is 312 g/mol. The smallest absolute Gasteiger partial charge is 0.156 e. The third-order valence-corrected chi connectivity index (χ3v) is 4.34. The van der Waals surface area contributed by atoms with Crippen molar-refractivity contribution in [1.82, 2.24) is 9.78 Å². The molecule has 0 N–H and O–H groups in total. The van der Waals surface area contributed by atoms with E-state index in [9.17, 15) is 0 Å². The van der Waals surface area contributed by atoms with Gasteiger partial charge >= 0.3 is 0 Å². The highest BCUT2D eigenvalue weighted by Crippen LogP contribution is 2.39. The standard InChI is InChI=1S/C17H15ClN4O/c1-10-7-15-19-9-11-8-13(12-5-3-4-6-14(12)23-2)16(18)20-17(11)22(15)21-10/h3-9,11,17H,1-2H3. The number of para-hydroxylation sites is 1. The van der Waals surface area contributed by atoms with Gasteiger partial charge < -0.3 is 4.74 Å². The molecule has 0 amide bonds. The minimum Gasteiger partial charge on any atom is -0.496 e. The average molecular weight is 327 g/mol. The molecule has 23 heavy (non-hydrogen) atoms. The normalized spacial score (nSPS) is 22.0. The predicted octanol–water partition coefficient (Wildman–Crippen LogP) is 3.77. The van der Waals surface area contributed by atoms with Crippen molar-refractivity contribution in [3.05, 3.63) is 47.7 Å². The van der Waals surface area contributed by atoms with Crippen LogP contribution in [0.15, 0.2) is 46.4 Å². The molecule has 0 bridgehead atoms. The quantitative estimate of drug-likeness (QED) is 0.843. The van der Waals surface area contributed by atoms with Crippen molar-refractivity contribution in [3.63, 3.8) is 0 Å². The maximum atomic E-state index is 6.48. The molecule has 0 aliphatic carbocycles. The Morgan fingerprint density at radius 2 is 2.09 bits per heavy atom. The summed E-state index contributed by atoms with van der Waals surface area (Å²) >= 11 is 6.48. The number of rotatable bonds is 2. The van der Waals surface area contributed by atoms with Crippen LogP contribution in [0.4, 0.5) is 5.82 Å². The van der Waals surface area contributed by atoms with E-state index >= 15 is 0 Å². The van der Waals surface area contributed by atoms with Crippen molar-refractivity contribution in [2.45, 2.75) is 13.1 Å². The van der Waals surface area contributed by atoms with Crippen LogP contribution in [-0.2, 0) is 0 Å². The lowest BCUT2D eigenvalue weighted by Gasteiger charge is -2.28. The van der Waals surface area contributed by atoms with Gasteiger partial charge in [0, 0.05) is 23.4 Å². The van der Waals surface area contributed by atoms with E-state index in [1.54, 1.807) is 7.11 Å². The lowest BCUT2D eigenvalue weighted by molar-refractivity contribution is 0.412. The second-order valence-corrected chi connectivity index (χ2v) is 5.92. The van der Waals surface area contributed by atoms with E-state index in [4.69, 9.17) is 16.3 Å². The van der Waals surface area contributed by atoms with Crippen LogP contribution in [0.25, 0.3) is 5.57 Å². The Bertz CT molecular complexity index is 865. The number of halogens is 1. The minimum absolute atomic E-state index is 0.0178. The molecule has 1 aromatic heterocycles. The zero-order chi connectivity index (χ0) is 16.0. The maximum Gasteiger partial charge on any atom is 0.156 e. The number of ether oxygens (including phenoxy) is 1. The van der Waals surface area contributed by atoms with Gasteiger partial charge in [0.05, 0.1) is 18.7 Å². The van der Waals surface area contributed by atoms with E-state index in [2.05, 4.69) is 21.2 Å². The molecule has 0 saturated heterocycles. The van der Waals surface area contributed by atoms with Gasteiger partial charge in [-0.15, -0.1) is 0 Å². The summed E-state index contributed by atoms with van der Waals surface area (Å²) in [5.41, 5.74) is 2.71. The SMILES string of the molecule is COc1ccccc1C1=CC2C=Nc3cc(C)nn3C2N=C1Cl. The number of methoxy groups -OCH3 is 1. The lowest BCUT2D eigenvalue weighted by Crippen LogP contribution is -2.26. The molecule has 3 heterocycles. The van der Waals surface area contributed by atoms with Crippen LogP contribution in [0.5, 0.6) is 5.75 Å². The number of hydrogen-bond donors (Lipinski definition) is 0. The average Bonchev–Trinajstić information content (AvgIpc) is 2.95. The van der Waals surface area contributed by atoms with Gasteiger partial charge in [0.25, 0.3) is 0 Å². The number of allylic oxidation sites excluding steroid dienone is 1. The molecule has 6 heteroatoms. The fraction of sp³-hybridized carbons (Fsp3) is 0.235. The van der Waals surface area contributed by atoms with Crippen LogP contribution in [0.1, 0.15) is 17.4 Å². The monoisotopic (exact) mass is 326 g/mol. The highest BCUT2D eigenvalue weighted by Gasteiger charge is 2.32. The summed E-state index contributed by atoms with van der Waals surface area (Å²) < 4.78 is 7.27. The maximum absolute atomic E-state index is 6.48. The van der Waals surface area contributed by atoms with Crippen molar-refractivity contribution >= 4 is 34.4 Å². The van der Waals surface area contributed by atoms with Crippen LogP contribution in [-0.4, -0.2) is 28.3 Å². The molecule has 116 valence electrons. The number of aryl methyl sites for hydroxylation is 1. The number of dihydropyridines is 1. The molecule has 2 aliphatic rings. The zero-order valence-electron chi connectivity index (χ0n) is 12.8. The molecule has 2 aromatic rings. The largest absolute Gasteiger partial charge is 0.496 e. The van der Waals surface area contributed by atoms with Gasteiger partial charge in [-0.1, -0.05) is 35.9 Å². The van der Waals surface area contributed by atoms with E-state index in [0.717, 1.165) is 28.4 Å². The molecule has 1 aromatic carbocycles. The van der Waals surface area contributed by atoms with E-state index < -0.39 is 0 Å². The first-order valence-electron chi connectivity index (χ1n) is 7.36. The summed E-state index contributed by atoms with van der Waals surface area (Å²) in [6, 6.07) is 9.72. The number of aliphatic imine (C=N–C) groups is 2. The fourth-order valence-electron chi connectivity index (χ4n) is 2.98. The summed E-state index contributed by atoms with van der Waals surface area (Å²) in [6.07, 6.45) is 3.81. The van der Waals surface area contributed by atoms with Gasteiger partial charge in [-0.05, 0) is 13.0 Å². The van der Waals surface area contributed by atoms with Gasteiger partial charge in [0.15, 0.2) is 12.0 Å². The third-order valence-electron chi connectivity index (χ3n) is 4.04. The fourth-order valence-corrected chi connectivity index (χ4v) is 3.25. The van der Waals surface area contributed by atoms with Crippen LogP contribution in [0, 0.1) is 12.8 Å². The Kier molecular flexibility index (Phi) is 3.31. The summed E-state index contributed by atoms with van der Waals surface area (Å²) in [6.45, 7) is 1.94. The molecule has 0 fully saturated rings. The minimum atomic E-state index is -0.179. The molecule has 5 nitrogen and oxygen atoms in total. The van der Waals surface area contributed by atoms with Crippen molar-refractivity contribution in [2.75, 3.05) is 7.11 Å². The summed E-state index contributed by atoms with van der Waals surface area (Å²) in [7, 11) is 1.65. The van der Waals surface area contributed by atoms with E-state index in [0.29, 0.717) is 5.17 Å². The van der Waals surface area contributed by atoms with Crippen molar-refractivity contribution < 1.29 is 4.74 Å². The molecule has 2 aliphatic heterocycles. The molecule has 4 rings (SSSR count). The highest BCUT2D eigenvalue weighted by atomic mass is 35.5. The second-order valence-electron chi connectivity index (χ2n) is 5.56. The first-order chi connectivity index (χ1) is 11.2. The van der Waals surface area contributed by atoms with Crippen LogP contribution >= 0.6 is 11.6 Å². The van der Waals surface area contributed by atoms with E-state index in [1.165, 1.54) is 0 Å². The molecule has 2 atom stereocenters. The van der Waals surface area contributed by atoms with Gasteiger partial charge in [0.2, 0.25) is 0 Å². The van der Waals surface area contributed by atoms with Crippen molar-refractivity contribution in [2.24, 2.45) is 15.9 Å². The zero-order valence-corrected chi connectivity index (χ0v) is 13.5. The molecule has 0 radical (unpaired) electrons. The number of aromatic nitrogens is 2. The van der Waals surface area contributed by atoms with Crippen LogP contribution in [0.2, 0.25) is 0 Å². The van der Waals surface area contributed by atoms with Crippen LogP contribution in [0.3, 0.4) is 0 Å². The Hall–Kier alpha value is -2.40. The van der Waals surface area contributed by atoms with Gasteiger partial charge in [-0.25, -0.2) is 14.7 Å². The van der Waals surface area contributed by atoms with Crippen molar-refractivity contribution in [1.29, 1.82) is 0 Å². The lowest BCUT2D eigenvalue weighted by atomic mass is 9.95. The molecule has 2 unspecified atom stereocenters.